The van der Waals surface area contributed by atoms with E-state index in [0.29, 0.717) is 25.1 Å². The SMILES string of the molecule is NC[C@H](Cc1ccccc1)NC(=O)c1cc2cn[nH]c3c-2c1CNC=C3. The first kappa shape index (κ1) is 16.4. The van der Waals surface area contributed by atoms with E-state index in [0.717, 1.165) is 27.9 Å². The van der Waals surface area contributed by atoms with Crippen molar-refractivity contribution >= 4 is 12.0 Å². The van der Waals surface area contributed by atoms with E-state index in [1.54, 1.807) is 6.20 Å². The van der Waals surface area contributed by atoms with Crippen molar-refractivity contribution in [2.45, 2.75) is 19.0 Å². The fourth-order valence-electron chi connectivity index (χ4n) is 3.44. The summed E-state index contributed by atoms with van der Waals surface area (Å²) < 4.78 is 0. The van der Waals surface area contributed by atoms with Crippen LogP contribution in [0.3, 0.4) is 0 Å². The number of benzene rings is 1. The highest BCUT2D eigenvalue weighted by Gasteiger charge is 2.25. The number of nitrogens with zero attached hydrogens (tertiary/aromatic N) is 1. The number of nitrogens with one attached hydrogen (secondary N) is 3. The zero-order valence-corrected chi connectivity index (χ0v) is 14.3. The highest BCUT2D eigenvalue weighted by Crippen LogP contribution is 2.35. The third-order valence-electron chi connectivity index (χ3n) is 4.71. The number of hydrogen-bond acceptors (Lipinski definition) is 4. The largest absolute Gasteiger partial charge is 0.387 e. The normalized spacial score (nSPS) is 13.9. The van der Waals surface area contributed by atoms with Crippen LogP contribution in [0, 0.1) is 0 Å². The number of amides is 1. The van der Waals surface area contributed by atoms with E-state index < -0.39 is 0 Å². The van der Waals surface area contributed by atoms with Gasteiger partial charge in [0.2, 0.25) is 0 Å². The van der Waals surface area contributed by atoms with Crippen LogP contribution in [0.25, 0.3) is 17.2 Å². The molecule has 1 atom stereocenters. The molecular weight excluding hydrogens is 326 g/mol. The van der Waals surface area contributed by atoms with E-state index in [4.69, 9.17) is 5.73 Å². The van der Waals surface area contributed by atoms with Crippen molar-refractivity contribution in [2.75, 3.05) is 6.54 Å². The second-order valence-electron chi connectivity index (χ2n) is 6.46. The topological polar surface area (TPSA) is 95.8 Å². The van der Waals surface area contributed by atoms with E-state index in [-0.39, 0.29) is 11.9 Å². The smallest absolute Gasteiger partial charge is 0.251 e. The lowest BCUT2D eigenvalue weighted by Crippen LogP contribution is -2.41. The quantitative estimate of drug-likeness (QED) is 0.567. The number of carbonyl (C=O) groups excluding carboxylic acids is 1. The van der Waals surface area contributed by atoms with Gasteiger partial charge in [0, 0.05) is 35.8 Å². The summed E-state index contributed by atoms with van der Waals surface area (Å²) in [4.78, 5) is 13.0. The monoisotopic (exact) mass is 347 g/mol. The summed E-state index contributed by atoms with van der Waals surface area (Å²) in [5.74, 6) is -0.0998. The predicted octanol–water partition coefficient (Wildman–Crippen LogP) is 1.89. The summed E-state index contributed by atoms with van der Waals surface area (Å²) in [6.45, 7) is 0.982. The van der Waals surface area contributed by atoms with Crippen LogP contribution in [-0.4, -0.2) is 28.7 Å². The molecule has 0 saturated heterocycles. The van der Waals surface area contributed by atoms with E-state index in [1.165, 1.54) is 0 Å². The lowest BCUT2D eigenvalue weighted by atomic mass is 10.0. The van der Waals surface area contributed by atoms with Crippen LogP contribution < -0.4 is 16.4 Å². The zero-order chi connectivity index (χ0) is 17.9. The Bertz CT molecular complexity index is 915. The number of carbonyl (C=O) groups is 1. The summed E-state index contributed by atoms with van der Waals surface area (Å²) in [7, 11) is 0. The van der Waals surface area contributed by atoms with Crippen LogP contribution in [0.2, 0.25) is 0 Å². The molecule has 0 fully saturated rings. The van der Waals surface area contributed by atoms with Crippen LogP contribution in [0.5, 0.6) is 0 Å². The van der Waals surface area contributed by atoms with Gasteiger partial charge in [0.25, 0.3) is 5.91 Å². The average Bonchev–Trinajstić information content (AvgIpc) is 2.90. The van der Waals surface area contributed by atoms with Gasteiger partial charge in [0.15, 0.2) is 0 Å². The Morgan fingerprint density at radius 1 is 1.31 bits per heavy atom. The van der Waals surface area contributed by atoms with Gasteiger partial charge < -0.3 is 16.4 Å². The van der Waals surface area contributed by atoms with Gasteiger partial charge in [0.05, 0.1) is 11.9 Å². The fourth-order valence-corrected chi connectivity index (χ4v) is 3.44. The molecular formula is C20H21N5O. The fraction of sp³-hybridized carbons (Fsp3) is 0.200. The molecule has 3 aliphatic rings. The molecule has 0 bridgehead atoms. The maximum absolute atomic E-state index is 13.0. The van der Waals surface area contributed by atoms with Gasteiger partial charge in [-0.25, -0.2) is 0 Å². The molecule has 1 aliphatic carbocycles. The van der Waals surface area contributed by atoms with Gasteiger partial charge in [-0.05, 0) is 35.9 Å². The molecule has 4 rings (SSSR count). The molecule has 5 N–H and O–H groups in total. The Morgan fingerprint density at radius 3 is 2.96 bits per heavy atom. The Hall–Kier alpha value is -3.12. The molecule has 1 amide bonds. The summed E-state index contributed by atoms with van der Waals surface area (Å²) in [5.41, 5.74) is 11.6. The minimum absolute atomic E-state index is 0.0998. The summed E-state index contributed by atoms with van der Waals surface area (Å²) in [6.07, 6.45) is 6.26. The van der Waals surface area contributed by atoms with Gasteiger partial charge in [-0.2, -0.15) is 5.10 Å². The van der Waals surface area contributed by atoms with Crippen LogP contribution in [-0.2, 0) is 13.0 Å². The standard InChI is InChI=1S/C20H21N5O/c21-10-15(8-13-4-2-1-3-5-13)24-20(26)16-9-14-11-23-25-18-6-7-22-12-17(16)19(14)18/h1-7,9,11,15,22,25H,8,10,12,21H2,(H,24,26)/t15-/m0/s1. The minimum atomic E-state index is -0.115. The minimum Gasteiger partial charge on any atom is -0.387 e. The van der Waals surface area contributed by atoms with Crippen LogP contribution >= 0.6 is 0 Å². The van der Waals surface area contributed by atoms with Gasteiger partial charge in [0.1, 0.15) is 0 Å². The van der Waals surface area contributed by atoms with E-state index >= 15 is 0 Å². The second-order valence-corrected chi connectivity index (χ2v) is 6.46. The highest BCUT2D eigenvalue weighted by molar-refractivity contribution is 6.01. The van der Waals surface area contributed by atoms with Crippen molar-refractivity contribution in [1.29, 1.82) is 0 Å². The molecule has 132 valence electrons. The Kier molecular flexibility index (Phi) is 4.41. The van der Waals surface area contributed by atoms with Crippen molar-refractivity contribution in [3.63, 3.8) is 0 Å². The molecule has 2 aliphatic heterocycles. The number of H-pyrrole nitrogens is 1. The molecule has 0 saturated carbocycles. The first-order chi connectivity index (χ1) is 12.8. The number of nitrogens with two attached hydrogens (primary N) is 1. The maximum Gasteiger partial charge on any atom is 0.251 e. The van der Waals surface area contributed by atoms with Crippen molar-refractivity contribution < 1.29 is 4.79 Å². The third-order valence-corrected chi connectivity index (χ3v) is 4.71. The molecule has 0 radical (unpaired) electrons. The molecule has 2 heterocycles. The van der Waals surface area contributed by atoms with Crippen molar-refractivity contribution in [3.8, 4) is 11.1 Å². The first-order valence-corrected chi connectivity index (χ1v) is 8.70. The summed E-state index contributed by atoms with van der Waals surface area (Å²) in [5, 5.41) is 13.4. The van der Waals surface area contributed by atoms with Gasteiger partial charge in [-0.15, -0.1) is 0 Å². The second kappa shape index (κ2) is 7.01. The predicted molar refractivity (Wildman–Crippen MR) is 102 cm³/mol. The number of aromatic nitrogens is 2. The lowest BCUT2D eigenvalue weighted by molar-refractivity contribution is 0.0937. The van der Waals surface area contributed by atoms with E-state index in [1.807, 2.05) is 48.7 Å². The molecule has 0 spiro atoms. The van der Waals surface area contributed by atoms with Crippen LogP contribution in [0.15, 0.2) is 48.8 Å². The number of hydrogen-bond donors (Lipinski definition) is 4. The molecule has 0 aromatic heterocycles. The summed E-state index contributed by atoms with van der Waals surface area (Å²) in [6, 6.07) is 11.8. The first-order valence-electron chi connectivity index (χ1n) is 8.70. The van der Waals surface area contributed by atoms with Crippen LogP contribution in [0.1, 0.15) is 27.2 Å². The van der Waals surface area contributed by atoms with Gasteiger partial charge in [-0.1, -0.05) is 30.3 Å². The summed E-state index contributed by atoms with van der Waals surface area (Å²) >= 11 is 0. The Balaban J connectivity index is 1.60. The van der Waals surface area contributed by atoms with E-state index in [9.17, 15) is 4.79 Å². The highest BCUT2D eigenvalue weighted by atomic mass is 16.1. The van der Waals surface area contributed by atoms with Gasteiger partial charge in [-0.3, -0.25) is 9.89 Å². The molecule has 6 heteroatoms. The maximum atomic E-state index is 13.0. The molecule has 1 aromatic rings. The third kappa shape index (κ3) is 3.07. The van der Waals surface area contributed by atoms with E-state index in [2.05, 4.69) is 20.8 Å². The molecule has 1 aromatic carbocycles. The van der Waals surface area contributed by atoms with Gasteiger partial charge >= 0.3 is 0 Å². The van der Waals surface area contributed by atoms with Crippen LogP contribution in [0.4, 0.5) is 0 Å². The average molecular weight is 347 g/mol. The van der Waals surface area contributed by atoms with Crippen molar-refractivity contribution in [1.82, 2.24) is 20.8 Å². The Morgan fingerprint density at radius 2 is 2.15 bits per heavy atom. The number of aromatic amines is 1. The molecule has 6 nitrogen and oxygen atoms in total. The van der Waals surface area contributed by atoms with Crippen molar-refractivity contribution in [2.24, 2.45) is 5.73 Å². The molecule has 0 unspecified atom stereocenters. The molecule has 26 heavy (non-hydrogen) atoms. The zero-order valence-electron chi connectivity index (χ0n) is 14.3. The lowest BCUT2D eigenvalue weighted by Gasteiger charge is -2.17. The Labute approximate surface area is 151 Å². The van der Waals surface area contributed by atoms with Crippen molar-refractivity contribution in [3.05, 3.63) is 71.2 Å². The number of rotatable bonds is 5.